The molecule has 7 rings (SSSR count). The second kappa shape index (κ2) is 25.0. The van der Waals surface area contributed by atoms with E-state index >= 15 is 0 Å². The lowest BCUT2D eigenvalue weighted by Gasteiger charge is -2.27. The van der Waals surface area contributed by atoms with Crippen LogP contribution in [-0.4, -0.2) is 160 Å². The zero-order valence-corrected chi connectivity index (χ0v) is 38.9. The number of nitrogens with zero attached hydrogens (tertiary/aromatic N) is 4. The smallest absolute Gasteiger partial charge is 0.379 e. The number of halogens is 3. The summed E-state index contributed by atoms with van der Waals surface area (Å²) < 4.78 is 81.5. The van der Waals surface area contributed by atoms with Gasteiger partial charge in [0.05, 0.1) is 101 Å². The number of imide groups is 2. The Balaban J connectivity index is 0.640. The summed E-state index contributed by atoms with van der Waals surface area (Å²) in [6.45, 7) is 4.48. The monoisotopic (exact) mass is 993 g/mol. The minimum Gasteiger partial charge on any atom is -0.379 e. The molecule has 1 saturated heterocycles. The third-order valence-corrected chi connectivity index (χ3v) is 11.2. The summed E-state index contributed by atoms with van der Waals surface area (Å²) >= 11 is 0. The molecule has 0 radical (unpaired) electrons. The van der Waals surface area contributed by atoms with E-state index < -0.39 is 47.3 Å². The second-order valence-electron chi connectivity index (χ2n) is 16.2. The van der Waals surface area contributed by atoms with E-state index in [4.69, 9.17) is 33.2 Å². The van der Waals surface area contributed by atoms with Gasteiger partial charge in [-0.25, -0.2) is 0 Å². The van der Waals surface area contributed by atoms with Crippen LogP contribution in [0.1, 0.15) is 55.9 Å². The quantitative estimate of drug-likeness (QED) is 0.0479. The van der Waals surface area contributed by atoms with Crippen LogP contribution in [-0.2, 0) is 60.8 Å². The van der Waals surface area contributed by atoms with Crippen LogP contribution in [0.3, 0.4) is 0 Å². The van der Waals surface area contributed by atoms with Gasteiger partial charge in [0.1, 0.15) is 12.6 Å². The van der Waals surface area contributed by atoms with Gasteiger partial charge in [0, 0.05) is 61.4 Å². The van der Waals surface area contributed by atoms with Crippen LogP contribution in [0, 0.1) is 0 Å². The van der Waals surface area contributed by atoms with Gasteiger partial charge in [-0.05, 0) is 67.4 Å². The van der Waals surface area contributed by atoms with Crippen LogP contribution in [0.15, 0.2) is 66.9 Å². The molecule has 6 amide bonds. The van der Waals surface area contributed by atoms with E-state index in [0.29, 0.717) is 94.9 Å². The number of aryl methyl sites for hydroxylation is 1. The number of aromatic nitrogens is 3. The minimum absolute atomic E-state index is 0.00485. The van der Waals surface area contributed by atoms with Crippen LogP contribution in [0.2, 0.25) is 0 Å². The van der Waals surface area contributed by atoms with Gasteiger partial charge in [-0.3, -0.25) is 48.2 Å². The first-order valence-corrected chi connectivity index (χ1v) is 22.9. The number of piperidine rings is 1. The standard InChI is InChI=1S/C48H54F3N7O13/c1-56-29-36-35-28-31(6-11-38(35)57(43(36)55-56)33-9-7-32(8-10-33)48(49,50)51)44(61)52-14-17-67-20-18-65-15-3-16-66-19-21-68-22-23-69-24-25-70-26-27-71-30-41(60)53-37-5-2-4-34-42(37)47(64)58(46(34)63)39-12-13-40(59)54-45(39)62/h2,4-11,28-29,39H,3,12-27,30H2,1H3,(H,52,61)(H,53,60)(H,54,59,62). The molecule has 4 heterocycles. The summed E-state index contributed by atoms with van der Waals surface area (Å²) in [5.41, 5.74) is 1.59. The Kier molecular flexibility index (Phi) is 18.4. The van der Waals surface area contributed by atoms with Crippen LogP contribution < -0.4 is 16.0 Å². The van der Waals surface area contributed by atoms with Gasteiger partial charge in [-0.1, -0.05) is 6.07 Å². The van der Waals surface area contributed by atoms with E-state index in [-0.39, 0.29) is 68.5 Å². The third kappa shape index (κ3) is 13.6. The normalized spacial score (nSPS) is 15.0. The van der Waals surface area contributed by atoms with Gasteiger partial charge in [0.25, 0.3) is 17.7 Å². The van der Waals surface area contributed by atoms with Gasteiger partial charge in [0.2, 0.25) is 17.7 Å². The van der Waals surface area contributed by atoms with Crippen molar-refractivity contribution in [3.63, 3.8) is 0 Å². The summed E-state index contributed by atoms with van der Waals surface area (Å²) in [5, 5.41) is 13.6. The molecule has 2 aliphatic rings. The fourth-order valence-electron chi connectivity index (χ4n) is 7.87. The Hall–Kier alpha value is -6.60. The minimum atomic E-state index is -4.45. The number of carbonyl (C=O) groups is 6. The van der Waals surface area contributed by atoms with Crippen molar-refractivity contribution in [1.29, 1.82) is 0 Å². The second-order valence-corrected chi connectivity index (χ2v) is 16.2. The number of amides is 6. The number of hydrogen-bond donors (Lipinski definition) is 3. The molecule has 2 aliphatic heterocycles. The van der Waals surface area contributed by atoms with Crippen LogP contribution in [0.5, 0.6) is 0 Å². The van der Waals surface area contributed by atoms with Gasteiger partial charge in [-0.15, -0.1) is 0 Å². The molecule has 20 nitrogen and oxygen atoms in total. The van der Waals surface area contributed by atoms with Gasteiger partial charge >= 0.3 is 6.18 Å². The Bertz CT molecular complexity index is 2690. The number of benzene rings is 3. The molecule has 0 bridgehead atoms. The van der Waals surface area contributed by atoms with Gasteiger partial charge in [-0.2, -0.15) is 18.3 Å². The average Bonchev–Trinajstić information content (AvgIpc) is 3.95. The lowest BCUT2D eigenvalue weighted by Crippen LogP contribution is -2.54. The number of nitrogens with one attached hydrogen (secondary N) is 3. The number of rotatable bonds is 28. The summed E-state index contributed by atoms with van der Waals surface area (Å²) in [6, 6.07) is 13.3. The number of carbonyl (C=O) groups excluding carboxylic acids is 6. The van der Waals surface area contributed by atoms with E-state index in [9.17, 15) is 41.9 Å². The van der Waals surface area contributed by atoms with Crippen molar-refractivity contribution in [2.75, 3.05) is 104 Å². The fraction of sp³-hybridized carbons (Fsp3) is 0.438. The summed E-state index contributed by atoms with van der Waals surface area (Å²) in [6.07, 6.45) is -1.94. The summed E-state index contributed by atoms with van der Waals surface area (Å²) in [5.74, 6) is -3.45. The van der Waals surface area contributed by atoms with Crippen LogP contribution >= 0.6 is 0 Å². The molecule has 0 spiro atoms. The molecule has 0 saturated carbocycles. The van der Waals surface area contributed by atoms with Crippen molar-refractivity contribution < 1.29 is 75.1 Å². The highest BCUT2D eigenvalue weighted by Crippen LogP contribution is 2.35. The number of alkyl halides is 3. The molecule has 23 heteroatoms. The lowest BCUT2D eigenvalue weighted by molar-refractivity contribution is -0.138. The highest BCUT2D eigenvalue weighted by Gasteiger charge is 2.45. The molecule has 0 aliphatic carbocycles. The predicted octanol–water partition coefficient (Wildman–Crippen LogP) is 3.81. The van der Waals surface area contributed by atoms with Crippen molar-refractivity contribution in [2.24, 2.45) is 7.05 Å². The molecular weight excluding hydrogens is 940 g/mol. The topological polar surface area (TPSA) is 229 Å². The highest BCUT2D eigenvalue weighted by molar-refractivity contribution is 6.26. The molecule has 3 N–H and O–H groups in total. The fourth-order valence-corrected chi connectivity index (χ4v) is 7.87. The van der Waals surface area contributed by atoms with Gasteiger partial charge in [0.15, 0.2) is 5.65 Å². The van der Waals surface area contributed by atoms with E-state index in [1.165, 1.54) is 30.3 Å². The largest absolute Gasteiger partial charge is 0.416 e. The Morgan fingerprint density at radius 1 is 0.746 bits per heavy atom. The first kappa shape index (κ1) is 52.2. The van der Waals surface area contributed by atoms with Crippen molar-refractivity contribution in [2.45, 2.75) is 31.5 Å². The van der Waals surface area contributed by atoms with E-state index in [1.807, 2.05) is 0 Å². The summed E-state index contributed by atoms with van der Waals surface area (Å²) in [7, 11) is 1.75. The number of hydrogen-bond acceptors (Lipinski definition) is 14. The third-order valence-electron chi connectivity index (χ3n) is 11.2. The average molecular weight is 994 g/mol. The van der Waals surface area contributed by atoms with Crippen molar-refractivity contribution in [3.05, 3.63) is 89.1 Å². The summed E-state index contributed by atoms with van der Waals surface area (Å²) in [4.78, 5) is 76.4. The van der Waals surface area contributed by atoms with Crippen molar-refractivity contribution >= 4 is 63.1 Å². The zero-order chi connectivity index (χ0) is 50.3. The van der Waals surface area contributed by atoms with Gasteiger partial charge < -0.3 is 43.8 Å². The molecule has 71 heavy (non-hydrogen) atoms. The first-order valence-electron chi connectivity index (χ1n) is 22.9. The zero-order valence-electron chi connectivity index (χ0n) is 38.9. The molecule has 380 valence electrons. The van der Waals surface area contributed by atoms with E-state index in [0.717, 1.165) is 27.8 Å². The Morgan fingerprint density at radius 2 is 1.37 bits per heavy atom. The molecule has 5 aromatic rings. The maximum absolute atomic E-state index is 13.2. The molecule has 1 fully saturated rings. The van der Waals surface area contributed by atoms with E-state index in [1.54, 1.807) is 40.7 Å². The number of ether oxygens (including phenoxy) is 7. The highest BCUT2D eigenvalue weighted by atomic mass is 19.4. The number of fused-ring (bicyclic) bond motifs is 4. The van der Waals surface area contributed by atoms with Crippen LogP contribution in [0.4, 0.5) is 18.9 Å². The van der Waals surface area contributed by atoms with Crippen LogP contribution in [0.25, 0.3) is 27.6 Å². The SMILES string of the molecule is Cn1cc2c3cc(C(=O)NCCOCCOCCCOCCOCCOCCOCCOCC(=O)Nc4cccc5c4C(=O)N(C4CCC(=O)NC4=O)C5=O)ccc3n(-c3ccc(C(F)(F)F)cc3)c2n1. The molecule has 2 aromatic heterocycles. The van der Waals surface area contributed by atoms with Crippen molar-refractivity contribution in [3.8, 4) is 5.69 Å². The molecule has 1 atom stereocenters. The maximum atomic E-state index is 13.2. The Morgan fingerprint density at radius 3 is 2.00 bits per heavy atom. The van der Waals surface area contributed by atoms with E-state index in [2.05, 4.69) is 21.0 Å². The predicted molar refractivity (Wildman–Crippen MR) is 247 cm³/mol. The molecule has 1 unspecified atom stereocenters. The first-order chi connectivity index (χ1) is 34.3. The van der Waals surface area contributed by atoms with Crippen molar-refractivity contribution in [1.82, 2.24) is 29.9 Å². The number of anilines is 1. The maximum Gasteiger partial charge on any atom is 0.416 e. The lowest BCUT2D eigenvalue weighted by atomic mass is 10.0. The molecule has 3 aromatic carbocycles. The molecular formula is C48H54F3N7O13. The Labute approximate surface area is 404 Å².